The molecule has 0 bridgehead atoms. The first-order valence-corrected chi connectivity index (χ1v) is 12.8. The largest absolute Gasteiger partial charge is 0.439 e. The van der Waals surface area contributed by atoms with Crippen molar-refractivity contribution in [3.05, 3.63) is 23.7 Å². The van der Waals surface area contributed by atoms with Crippen LogP contribution in [0.1, 0.15) is 11.5 Å². The zero-order valence-corrected chi connectivity index (χ0v) is 13.6. The van der Waals surface area contributed by atoms with Gasteiger partial charge in [0.1, 0.15) is 16.1 Å². The minimum atomic E-state index is -1.33. The van der Waals surface area contributed by atoms with Gasteiger partial charge in [-0.1, -0.05) is 39.3 Å². The Kier molecular flexibility index (Phi) is 4.09. The summed E-state index contributed by atoms with van der Waals surface area (Å²) in [7, 11) is -2.66. The molecule has 0 spiro atoms. The maximum absolute atomic E-state index is 5.57. The van der Waals surface area contributed by atoms with Gasteiger partial charge in [-0.05, 0) is 24.0 Å². The van der Waals surface area contributed by atoms with E-state index in [0.29, 0.717) is 0 Å². The predicted octanol–water partition coefficient (Wildman–Crippen LogP) is 3.74. The fourth-order valence-corrected chi connectivity index (χ4v) is 1.97. The molecule has 0 aromatic carbocycles. The van der Waals surface area contributed by atoms with E-state index in [-0.39, 0.29) is 0 Å². The quantitative estimate of drug-likeness (QED) is 0.512. The molecule has 0 saturated carbocycles. The first-order valence-electron chi connectivity index (χ1n) is 5.82. The van der Waals surface area contributed by atoms with Gasteiger partial charge in [0, 0.05) is 0 Å². The van der Waals surface area contributed by atoms with Crippen molar-refractivity contribution in [2.24, 2.45) is 0 Å². The van der Waals surface area contributed by atoms with Crippen LogP contribution in [0.4, 0.5) is 0 Å². The molecule has 0 aliphatic rings. The second-order valence-corrected chi connectivity index (χ2v) is 15.7. The summed E-state index contributed by atoms with van der Waals surface area (Å²) in [5.74, 6) is 7.64. The lowest BCUT2D eigenvalue weighted by molar-refractivity contribution is 0.542. The van der Waals surface area contributed by atoms with Gasteiger partial charge in [-0.15, -0.1) is 11.1 Å². The average molecular weight is 260 g/mol. The third-order valence-corrected chi connectivity index (χ3v) is 3.48. The van der Waals surface area contributed by atoms with Crippen molar-refractivity contribution in [2.75, 3.05) is 0 Å². The summed E-state index contributed by atoms with van der Waals surface area (Å²) in [5.41, 5.74) is 6.56. The summed E-state index contributed by atoms with van der Waals surface area (Å²) >= 11 is 0. The molecule has 0 aliphatic carbocycles. The Morgan fingerprint density at radius 3 is 1.41 bits per heavy atom. The number of rotatable bonds is 0. The van der Waals surface area contributed by atoms with Crippen molar-refractivity contribution in [3.8, 4) is 22.9 Å². The van der Waals surface area contributed by atoms with Crippen LogP contribution in [0.25, 0.3) is 0 Å². The minimum Gasteiger partial charge on any atom is -0.439 e. The topological polar surface area (TPSA) is 13.1 Å². The average Bonchev–Trinajstić information content (AvgIpc) is 2.57. The van der Waals surface area contributed by atoms with Gasteiger partial charge >= 0.3 is 0 Å². The zero-order valence-electron chi connectivity index (χ0n) is 11.6. The summed E-state index contributed by atoms with van der Waals surface area (Å²) in [6.07, 6.45) is 0. The molecule has 0 radical (unpaired) electrons. The normalized spacial score (nSPS) is 11.2. The highest BCUT2D eigenvalue weighted by Gasteiger charge is 2.09. The Balaban J connectivity index is 2.85. The van der Waals surface area contributed by atoms with Crippen molar-refractivity contribution >= 4 is 16.1 Å². The van der Waals surface area contributed by atoms with Gasteiger partial charge in [-0.25, -0.2) is 0 Å². The summed E-state index contributed by atoms with van der Waals surface area (Å²) in [6, 6.07) is 3.81. The van der Waals surface area contributed by atoms with Crippen LogP contribution in [-0.2, 0) is 0 Å². The SMILES string of the molecule is C[Si](C)(C)C#Cc1ccc(C#C[Si](C)(C)C)o1. The number of hydrogen-bond donors (Lipinski definition) is 0. The summed E-state index contributed by atoms with van der Waals surface area (Å²) in [5, 5.41) is 0. The molecule has 17 heavy (non-hydrogen) atoms. The highest BCUT2D eigenvalue weighted by atomic mass is 28.3. The van der Waals surface area contributed by atoms with Gasteiger partial charge in [-0.3, -0.25) is 0 Å². The lowest BCUT2D eigenvalue weighted by atomic mass is 10.4. The Labute approximate surface area is 107 Å². The fourth-order valence-electron chi connectivity index (χ4n) is 0.970. The molecule has 90 valence electrons. The third kappa shape index (κ3) is 6.21. The standard InChI is InChI=1S/C14H20OSi2/c1-16(2,3)11-9-13-7-8-14(15-13)10-12-17(4,5)6/h7-8H,1-6H3. The van der Waals surface area contributed by atoms with Crippen molar-refractivity contribution in [1.82, 2.24) is 0 Å². The first-order chi connectivity index (χ1) is 7.66. The minimum absolute atomic E-state index is 0.729. The van der Waals surface area contributed by atoms with Crippen molar-refractivity contribution < 1.29 is 4.42 Å². The van der Waals surface area contributed by atoms with E-state index in [9.17, 15) is 0 Å². The fraction of sp³-hybridized carbons (Fsp3) is 0.429. The molecule has 0 aliphatic heterocycles. The van der Waals surface area contributed by atoms with Crippen molar-refractivity contribution in [1.29, 1.82) is 0 Å². The molecule has 0 N–H and O–H groups in total. The molecule has 1 heterocycles. The summed E-state index contributed by atoms with van der Waals surface area (Å²) in [6.45, 7) is 13.3. The molecule has 3 heteroatoms. The molecule has 1 nitrogen and oxygen atoms in total. The smallest absolute Gasteiger partial charge is 0.177 e. The zero-order chi connectivity index (χ0) is 13.1. The monoisotopic (exact) mass is 260 g/mol. The lowest BCUT2D eigenvalue weighted by Crippen LogP contribution is -2.16. The second kappa shape index (κ2) is 5.00. The van der Waals surface area contributed by atoms with Crippen LogP contribution in [0.5, 0.6) is 0 Å². The maximum Gasteiger partial charge on any atom is 0.177 e. The molecule has 0 saturated heterocycles. The van der Waals surface area contributed by atoms with Gasteiger partial charge in [0.2, 0.25) is 0 Å². The van der Waals surface area contributed by atoms with E-state index in [2.05, 4.69) is 62.2 Å². The predicted molar refractivity (Wildman–Crippen MR) is 79.2 cm³/mol. The van der Waals surface area contributed by atoms with Gasteiger partial charge in [0.25, 0.3) is 0 Å². The lowest BCUT2D eigenvalue weighted by Gasteiger charge is -2.02. The highest BCUT2D eigenvalue weighted by Crippen LogP contribution is 2.07. The van der Waals surface area contributed by atoms with Crippen molar-refractivity contribution in [2.45, 2.75) is 39.3 Å². The number of furan rings is 1. The van der Waals surface area contributed by atoms with E-state index in [4.69, 9.17) is 4.42 Å². The third-order valence-electron chi connectivity index (χ3n) is 1.73. The Morgan fingerprint density at radius 2 is 1.12 bits per heavy atom. The van der Waals surface area contributed by atoms with E-state index in [1.54, 1.807) is 0 Å². The first kappa shape index (κ1) is 13.9. The van der Waals surface area contributed by atoms with E-state index < -0.39 is 16.1 Å². The number of hydrogen-bond acceptors (Lipinski definition) is 1. The van der Waals surface area contributed by atoms with Gasteiger partial charge in [0.15, 0.2) is 11.5 Å². The second-order valence-electron chi connectivity index (χ2n) is 6.16. The Bertz CT molecular complexity index is 458. The van der Waals surface area contributed by atoms with Crippen LogP contribution in [0.15, 0.2) is 16.5 Å². The highest BCUT2D eigenvalue weighted by molar-refractivity contribution is 6.84. The molecule has 1 aromatic rings. The van der Waals surface area contributed by atoms with Crippen LogP contribution in [0.2, 0.25) is 39.3 Å². The molecular weight excluding hydrogens is 240 g/mol. The van der Waals surface area contributed by atoms with Gasteiger partial charge in [-0.2, -0.15) is 0 Å². The summed E-state index contributed by atoms with van der Waals surface area (Å²) in [4.78, 5) is 0. The molecule has 1 rings (SSSR count). The van der Waals surface area contributed by atoms with E-state index in [0.717, 1.165) is 11.5 Å². The molecule has 1 aromatic heterocycles. The van der Waals surface area contributed by atoms with Crippen LogP contribution in [0, 0.1) is 22.9 Å². The van der Waals surface area contributed by atoms with E-state index in [1.807, 2.05) is 12.1 Å². The van der Waals surface area contributed by atoms with Gasteiger partial charge < -0.3 is 4.42 Å². The summed E-state index contributed by atoms with van der Waals surface area (Å²) < 4.78 is 5.57. The van der Waals surface area contributed by atoms with E-state index in [1.165, 1.54) is 0 Å². The van der Waals surface area contributed by atoms with Crippen molar-refractivity contribution in [3.63, 3.8) is 0 Å². The van der Waals surface area contributed by atoms with Crippen LogP contribution in [-0.4, -0.2) is 16.1 Å². The maximum atomic E-state index is 5.57. The molecule has 0 atom stereocenters. The Morgan fingerprint density at radius 1 is 0.765 bits per heavy atom. The van der Waals surface area contributed by atoms with Crippen LogP contribution >= 0.6 is 0 Å². The molecule has 0 amide bonds. The van der Waals surface area contributed by atoms with Gasteiger partial charge in [0.05, 0.1) is 0 Å². The molecular formula is C14H20OSi2. The Hall–Kier alpha value is -1.17. The van der Waals surface area contributed by atoms with Crippen LogP contribution in [0.3, 0.4) is 0 Å². The van der Waals surface area contributed by atoms with E-state index >= 15 is 0 Å². The molecule has 0 unspecified atom stereocenters. The molecule has 0 fully saturated rings. The van der Waals surface area contributed by atoms with Crippen LogP contribution < -0.4 is 0 Å².